The van der Waals surface area contributed by atoms with Crippen molar-refractivity contribution >= 4 is 23.8 Å². The van der Waals surface area contributed by atoms with Crippen molar-refractivity contribution in [2.24, 2.45) is 0 Å². The number of methoxy groups -OCH3 is 2. The van der Waals surface area contributed by atoms with Crippen LogP contribution in [0, 0.1) is 10.1 Å². The Balaban J connectivity index is 2.24. The Hall–Kier alpha value is -4.47. The summed E-state index contributed by atoms with van der Waals surface area (Å²) < 4.78 is 11.8. The van der Waals surface area contributed by atoms with Gasteiger partial charge in [-0.2, -0.15) is 0 Å². The number of benzene rings is 2. The zero-order valence-electron chi connectivity index (χ0n) is 19.9. The molecule has 0 radical (unpaired) electrons. The molecule has 0 bridgehead atoms. The van der Waals surface area contributed by atoms with E-state index in [1.54, 1.807) is 18.2 Å². The van der Waals surface area contributed by atoms with Crippen molar-refractivity contribution in [1.29, 1.82) is 0 Å². The second kappa shape index (κ2) is 9.80. The van der Waals surface area contributed by atoms with Crippen LogP contribution in [-0.4, -0.2) is 34.7 Å². The Morgan fingerprint density at radius 1 is 1.06 bits per heavy atom. The maximum absolute atomic E-state index is 12.4. The minimum absolute atomic E-state index is 0.0287. The summed E-state index contributed by atoms with van der Waals surface area (Å²) in [4.78, 5) is 49.0. The van der Waals surface area contributed by atoms with Crippen LogP contribution in [0.4, 0.5) is 5.69 Å². The van der Waals surface area contributed by atoms with Crippen LogP contribution < -0.4 is 16.0 Å². The van der Waals surface area contributed by atoms with Crippen LogP contribution in [0.2, 0.25) is 0 Å². The number of carbonyl (C=O) groups is 1. The van der Waals surface area contributed by atoms with Crippen molar-refractivity contribution in [2.75, 3.05) is 14.2 Å². The molecule has 10 nitrogen and oxygen atoms in total. The molecule has 0 amide bonds. The monoisotopic (exact) mass is 479 g/mol. The zero-order valence-corrected chi connectivity index (χ0v) is 19.9. The predicted molar refractivity (Wildman–Crippen MR) is 131 cm³/mol. The molecule has 0 atom stereocenters. The van der Waals surface area contributed by atoms with Crippen molar-refractivity contribution in [2.45, 2.75) is 26.2 Å². The number of H-pyrrole nitrogens is 1. The summed E-state index contributed by atoms with van der Waals surface area (Å²) in [5, 5.41) is 11.2. The number of ether oxygens (including phenoxy) is 2. The number of hydrogen-bond donors (Lipinski definition) is 1. The molecule has 1 N–H and O–H groups in total. The van der Waals surface area contributed by atoms with E-state index < -0.39 is 22.1 Å². The van der Waals surface area contributed by atoms with Crippen LogP contribution in [0.5, 0.6) is 5.75 Å². The van der Waals surface area contributed by atoms with Gasteiger partial charge in [-0.25, -0.2) is 9.59 Å². The fraction of sp³-hybridized carbons (Fsp3) is 0.240. The lowest BCUT2D eigenvalue weighted by Gasteiger charge is -2.25. The molecule has 0 fully saturated rings. The molecule has 35 heavy (non-hydrogen) atoms. The Labute approximate surface area is 200 Å². The smallest absolute Gasteiger partial charge is 0.338 e. The van der Waals surface area contributed by atoms with Crippen molar-refractivity contribution < 1.29 is 19.2 Å². The molecule has 0 aliphatic rings. The van der Waals surface area contributed by atoms with Gasteiger partial charge in [-0.05, 0) is 29.2 Å². The topological polar surface area (TPSA) is 134 Å². The minimum Gasteiger partial charge on any atom is -0.496 e. The zero-order chi connectivity index (χ0) is 25.9. The molecule has 10 heteroatoms. The normalized spacial score (nSPS) is 11.5. The number of hydrogen-bond acceptors (Lipinski definition) is 7. The highest BCUT2D eigenvalue weighted by Crippen LogP contribution is 2.37. The first kappa shape index (κ1) is 25.2. The third-order valence-corrected chi connectivity index (χ3v) is 5.31. The van der Waals surface area contributed by atoms with E-state index in [9.17, 15) is 24.5 Å². The maximum Gasteiger partial charge on any atom is 0.338 e. The Kier molecular flexibility index (Phi) is 7.04. The van der Waals surface area contributed by atoms with E-state index in [1.165, 1.54) is 43.2 Å². The number of nitrogens with one attached hydrogen (secondary N) is 1. The number of rotatable bonds is 6. The number of carbonyl (C=O) groups excluding carboxylic acids is 1. The molecule has 1 heterocycles. The molecule has 0 unspecified atom stereocenters. The standard InChI is InChI=1S/C25H25N3O7/c1-25(2,3)20-14-18(27-11-10-21(29)26-24(27)31)12-16(22(20)34-4)7-6-15-8-9-17(28(32)33)13-19(15)23(30)35-5/h6-14H,1-5H3,(H,26,29,31). The van der Waals surface area contributed by atoms with Gasteiger partial charge in [-0.3, -0.25) is 24.5 Å². The molecule has 182 valence electrons. The number of aromatic nitrogens is 2. The van der Waals surface area contributed by atoms with Gasteiger partial charge < -0.3 is 9.47 Å². The minimum atomic E-state index is -0.718. The third-order valence-electron chi connectivity index (χ3n) is 5.31. The van der Waals surface area contributed by atoms with E-state index in [-0.39, 0.29) is 16.7 Å². The summed E-state index contributed by atoms with van der Waals surface area (Å²) in [7, 11) is 2.72. The van der Waals surface area contributed by atoms with Gasteiger partial charge in [0.25, 0.3) is 11.2 Å². The highest BCUT2D eigenvalue weighted by Gasteiger charge is 2.23. The van der Waals surface area contributed by atoms with Gasteiger partial charge in [-0.15, -0.1) is 0 Å². The quantitative estimate of drug-likeness (QED) is 0.247. The molecule has 2 aromatic carbocycles. The van der Waals surface area contributed by atoms with Gasteiger partial charge in [0.2, 0.25) is 0 Å². The lowest BCUT2D eigenvalue weighted by atomic mass is 9.84. The summed E-state index contributed by atoms with van der Waals surface area (Å²) >= 11 is 0. The van der Waals surface area contributed by atoms with E-state index in [1.807, 2.05) is 26.8 Å². The van der Waals surface area contributed by atoms with Gasteiger partial charge in [-0.1, -0.05) is 32.9 Å². The second-order valence-electron chi connectivity index (χ2n) is 8.70. The van der Waals surface area contributed by atoms with Crippen molar-refractivity contribution in [1.82, 2.24) is 9.55 Å². The van der Waals surface area contributed by atoms with Crippen molar-refractivity contribution in [3.63, 3.8) is 0 Å². The fourth-order valence-corrected chi connectivity index (χ4v) is 3.57. The third kappa shape index (κ3) is 5.37. The molecule has 0 saturated heterocycles. The van der Waals surface area contributed by atoms with Gasteiger partial charge in [0, 0.05) is 35.5 Å². The average Bonchev–Trinajstić information content (AvgIpc) is 2.80. The Morgan fingerprint density at radius 3 is 2.31 bits per heavy atom. The largest absolute Gasteiger partial charge is 0.496 e. The number of esters is 1. The van der Waals surface area contributed by atoms with Crippen LogP contribution in [0.1, 0.15) is 47.8 Å². The summed E-state index contributed by atoms with van der Waals surface area (Å²) in [6.45, 7) is 5.97. The lowest BCUT2D eigenvalue weighted by molar-refractivity contribution is -0.384. The Morgan fingerprint density at radius 2 is 1.74 bits per heavy atom. The van der Waals surface area contributed by atoms with E-state index in [0.717, 1.165) is 11.6 Å². The van der Waals surface area contributed by atoms with Crippen LogP contribution >= 0.6 is 0 Å². The number of nitrogens with zero attached hydrogens (tertiary/aromatic N) is 2. The molecule has 3 aromatic rings. The summed E-state index contributed by atoms with van der Waals surface area (Å²) in [6.07, 6.45) is 4.68. The molecule has 0 aliphatic heterocycles. The molecular formula is C25H25N3O7. The number of nitro groups is 1. The first-order valence-corrected chi connectivity index (χ1v) is 10.6. The van der Waals surface area contributed by atoms with Gasteiger partial charge in [0.1, 0.15) is 5.75 Å². The molecule has 0 aliphatic carbocycles. The van der Waals surface area contributed by atoms with E-state index in [0.29, 0.717) is 22.6 Å². The van der Waals surface area contributed by atoms with Gasteiger partial charge in [0.15, 0.2) is 0 Å². The SMILES string of the molecule is COC(=O)c1cc([N+](=O)[O-])ccc1C=Cc1cc(-n2ccc(=O)[nH]c2=O)cc(C(C)(C)C)c1OC. The first-order valence-electron chi connectivity index (χ1n) is 10.6. The van der Waals surface area contributed by atoms with Crippen LogP contribution in [-0.2, 0) is 10.2 Å². The van der Waals surface area contributed by atoms with E-state index in [4.69, 9.17) is 9.47 Å². The number of aromatic amines is 1. The Bertz CT molecular complexity index is 1440. The van der Waals surface area contributed by atoms with Crippen molar-refractivity contribution in [3.05, 3.63) is 95.8 Å². The van der Waals surface area contributed by atoms with Gasteiger partial charge in [0.05, 0.1) is 30.4 Å². The molecule has 1 aromatic heterocycles. The van der Waals surface area contributed by atoms with Crippen molar-refractivity contribution in [3.8, 4) is 11.4 Å². The molecule has 0 saturated carbocycles. The predicted octanol–water partition coefficient (Wildman–Crippen LogP) is 3.70. The maximum atomic E-state index is 12.4. The fourth-order valence-electron chi connectivity index (χ4n) is 3.57. The van der Waals surface area contributed by atoms with E-state index >= 15 is 0 Å². The summed E-state index contributed by atoms with van der Waals surface area (Å²) in [5.74, 6) is -0.166. The molecular weight excluding hydrogens is 454 g/mol. The number of nitro benzene ring substituents is 1. The number of non-ortho nitro benzene ring substituents is 1. The second-order valence-corrected chi connectivity index (χ2v) is 8.70. The van der Waals surface area contributed by atoms with Crippen LogP contribution in [0.3, 0.4) is 0 Å². The first-order chi connectivity index (χ1) is 16.5. The van der Waals surface area contributed by atoms with Crippen LogP contribution in [0.25, 0.3) is 17.8 Å². The summed E-state index contributed by atoms with van der Waals surface area (Å²) in [5.41, 5.74) is 0.581. The van der Waals surface area contributed by atoms with E-state index in [2.05, 4.69) is 4.98 Å². The average molecular weight is 479 g/mol. The lowest BCUT2D eigenvalue weighted by Crippen LogP contribution is -2.28. The molecule has 3 rings (SSSR count). The van der Waals surface area contributed by atoms with Gasteiger partial charge >= 0.3 is 11.7 Å². The molecule has 0 spiro atoms. The highest BCUT2D eigenvalue weighted by molar-refractivity contribution is 5.95. The van der Waals surface area contributed by atoms with Crippen LogP contribution in [0.15, 0.2) is 52.2 Å². The highest BCUT2D eigenvalue weighted by atomic mass is 16.6. The summed E-state index contributed by atoms with van der Waals surface area (Å²) in [6, 6.07) is 8.65.